The van der Waals surface area contributed by atoms with Gasteiger partial charge in [-0.05, 0) is 25.1 Å². The average molecular weight is 256 g/mol. The molecule has 0 unspecified atom stereocenters. The van der Waals surface area contributed by atoms with Crippen molar-refractivity contribution in [3.63, 3.8) is 0 Å². The van der Waals surface area contributed by atoms with Gasteiger partial charge in [-0.1, -0.05) is 6.07 Å². The molecule has 1 N–H and O–H groups in total. The summed E-state index contributed by atoms with van der Waals surface area (Å²) in [5.41, 5.74) is 4.90. The van der Waals surface area contributed by atoms with Crippen LogP contribution in [0.15, 0.2) is 30.6 Å². The minimum Gasteiger partial charge on any atom is -0.345 e. The molecule has 18 heavy (non-hydrogen) atoms. The fraction of sp³-hybridized carbons (Fsp3) is 0.154. The number of thiol groups is 1. The smallest absolute Gasteiger partial charge is 0.138 e. The third-order valence-corrected chi connectivity index (χ3v) is 3.04. The van der Waals surface area contributed by atoms with Crippen LogP contribution in [0.4, 0.5) is 0 Å². The van der Waals surface area contributed by atoms with Crippen molar-refractivity contribution in [2.75, 3.05) is 0 Å². The van der Waals surface area contributed by atoms with Gasteiger partial charge in [0, 0.05) is 11.3 Å². The molecule has 3 aromatic rings. The van der Waals surface area contributed by atoms with Crippen LogP contribution in [-0.2, 0) is 5.75 Å². The molecule has 90 valence electrons. The zero-order valence-electron chi connectivity index (χ0n) is 9.88. The summed E-state index contributed by atoms with van der Waals surface area (Å²) in [5, 5.41) is 0. The molecule has 2 heterocycles. The largest absolute Gasteiger partial charge is 0.345 e. The second-order valence-corrected chi connectivity index (χ2v) is 4.42. The standard InChI is InChI=1S/C13H12N4S/c1-8-4-11(17-13(6-18)16-8)9-2-3-10-12(5-9)15-7-14-10/h2-5,7,18H,6H2,1H3,(H,14,15). The lowest BCUT2D eigenvalue weighted by Gasteiger charge is -2.04. The van der Waals surface area contributed by atoms with Crippen LogP contribution in [0, 0.1) is 6.92 Å². The minimum atomic E-state index is 0.543. The summed E-state index contributed by atoms with van der Waals surface area (Å²) in [6, 6.07) is 8.03. The first-order chi connectivity index (χ1) is 8.76. The summed E-state index contributed by atoms with van der Waals surface area (Å²) in [7, 11) is 0. The highest BCUT2D eigenvalue weighted by atomic mass is 32.1. The molecule has 0 saturated heterocycles. The molecule has 3 rings (SSSR count). The molecule has 0 saturated carbocycles. The number of rotatable bonds is 2. The van der Waals surface area contributed by atoms with Crippen LogP contribution in [0.25, 0.3) is 22.3 Å². The number of aromatic amines is 1. The normalized spacial score (nSPS) is 11.0. The van der Waals surface area contributed by atoms with Crippen LogP contribution >= 0.6 is 12.6 Å². The van der Waals surface area contributed by atoms with Gasteiger partial charge < -0.3 is 4.98 Å². The quantitative estimate of drug-likeness (QED) is 0.693. The van der Waals surface area contributed by atoms with Crippen LogP contribution in [0.2, 0.25) is 0 Å². The van der Waals surface area contributed by atoms with Crippen molar-refractivity contribution in [1.82, 2.24) is 19.9 Å². The number of benzene rings is 1. The van der Waals surface area contributed by atoms with E-state index in [1.54, 1.807) is 6.33 Å². The van der Waals surface area contributed by atoms with Crippen molar-refractivity contribution >= 4 is 23.7 Å². The first-order valence-electron chi connectivity index (χ1n) is 5.65. The number of aromatic nitrogens is 4. The molecule has 5 heteroatoms. The first-order valence-corrected chi connectivity index (χ1v) is 6.28. The number of H-pyrrole nitrogens is 1. The van der Waals surface area contributed by atoms with Gasteiger partial charge in [0.15, 0.2) is 0 Å². The molecule has 0 bridgehead atoms. The van der Waals surface area contributed by atoms with E-state index < -0.39 is 0 Å². The predicted molar refractivity (Wildman–Crippen MR) is 74.5 cm³/mol. The van der Waals surface area contributed by atoms with Gasteiger partial charge >= 0.3 is 0 Å². The maximum absolute atomic E-state index is 4.49. The number of imidazole rings is 1. The minimum absolute atomic E-state index is 0.543. The summed E-state index contributed by atoms with van der Waals surface area (Å²) in [5.74, 6) is 1.29. The molecule has 2 aromatic heterocycles. The van der Waals surface area contributed by atoms with Gasteiger partial charge in [-0.15, -0.1) is 0 Å². The number of nitrogens with one attached hydrogen (secondary N) is 1. The molecular formula is C13H12N4S. The Labute approximate surface area is 110 Å². The van der Waals surface area contributed by atoms with E-state index in [4.69, 9.17) is 0 Å². The van der Waals surface area contributed by atoms with Gasteiger partial charge in [0.25, 0.3) is 0 Å². The molecule has 0 spiro atoms. The monoisotopic (exact) mass is 256 g/mol. The Morgan fingerprint density at radius 2 is 2.11 bits per heavy atom. The molecule has 0 aliphatic carbocycles. The van der Waals surface area contributed by atoms with E-state index in [2.05, 4.69) is 32.6 Å². The molecule has 0 radical (unpaired) electrons. The number of hydrogen-bond donors (Lipinski definition) is 2. The van der Waals surface area contributed by atoms with E-state index in [1.807, 2.05) is 31.2 Å². The fourth-order valence-electron chi connectivity index (χ4n) is 1.94. The van der Waals surface area contributed by atoms with E-state index in [1.165, 1.54) is 0 Å². The van der Waals surface area contributed by atoms with E-state index in [0.29, 0.717) is 5.75 Å². The number of fused-ring (bicyclic) bond motifs is 1. The first kappa shape index (κ1) is 11.2. The second kappa shape index (κ2) is 4.42. The van der Waals surface area contributed by atoms with Gasteiger partial charge in [-0.3, -0.25) is 0 Å². The molecule has 0 aliphatic heterocycles. The van der Waals surface area contributed by atoms with Crippen molar-refractivity contribution in [2.45, 2.75) is 12.7 Å². The van der Waals surface area contributed by atoms with Gasteiger partial charge in [0.05, 0.1) is 28.8 Å². The van der Waals surface area contributed by atoms with E-state index >= 15 is 0 Å². The zero-order valence-corrected chi connectivity index (χ0v) is 10.8. The fourth-order valence-corrected chi connectivity index (χ4v) is 2.08. The van der Waals surface area contributed by atoms with Gasteiger partial charge in [0.1, 0.15) is 5.82 Å². The average Bonchev–Trinajstić information content (AvgIpc) is 2.85. The molecule has 0 aliphatic rings. The van der Waals surface area contributed by atoms with E-state index in [0.717, 1.165) is 33.8 Å². The summed E-state index contributed by atoms with van der Waals surface area (Å²) < 4.78 is 0. The summed E-state index contributed by atoms with van der Waals surface area (Å²) >= 11 is 4.22. The lowest BCUT2D eigenvalue weighted by Crippen LogP contribution is -1.96. The third-order valence-electron chi connectivity index (χ3n) is 2.76. The lowest BCUT2D eigenvalue weighted by molar-refractivity contribution is 1.00. The highest BCUT2D eigenvalue weighted by molar-refractivity contribution is 7.79. The van der Waals surface area contributed by atoms with E-state index in [9.17, 15) is 0 Å². The van der Waals surface area contributed by atoms with E-state index in [-0.39, 0.29) is 0 Å². The van der Waals surface area contributed by atoms with Crippen molar-refractivity contribution in [1.29, 1.82) is 0 Å². The Hall–Kier alpha value is -1.88. The third kappa shape index (κ3) is 1.97. The summed E-state index contributed by atoms with van der Waals surface area (Å²) in [6.45, 7) is 1.97. The Kier molecular flexibility index (Phi) is 2.76. The molecule has 1 aromatic carbocycles. The molecule has 4 nitrogen and oxygen atoms in total. The Morgan fingerprint density at radius 1 is 1.22 bits per heavy atom. The highest BCUT2D eigenvalue weighted by Gasteiger charge is 2.05. The van der Waals surface area contributed by atoms with Crippen LogP contribution in [0.1, 0.15) is 11.5 Å². The van der Waals surface area contributed by atoms with Crippen LogP contribution in [-0.4, -0.2) is 19.9 Å². The van der Waals surface area contributed by atoms with Crippen LogP contribution < -0.4 is 0 Å². The second-order valence-electron chi connectivity index (χ2n) is 4.10. The number of nitrogens with zero attached hydrogens (tertiary/aromatic N) is 3. The molecule has 0 amide bonds. The topological polar surface area (TPSA) is 54.5 Å². The van der Waals surface area contributed by atoms with Crippen molar-refractivity contribution in [3.8, 4) is 11.3 Å². The van der Waals surface area contributed by atoms with Crippen LogP contribution in [0.3, 0.4) is 0 Å². The van der Waals surface area contributed by atoms with Crippen LogP contribution in [0.5, 0.6) is 0 Å². The van der Waals surface area contributed by atoms with Gasteiger partial charge in [-0.2, -0.15) is 12.6 Å². The lowest BCUT2D eigenvalue weighted by atomic mass is 10.1. The van der Waals surface area contributed by atoms with Crippen molar-refractivity contribution in [3.05, 3.63) is 42.1 Å². The Bertz CT molecular complexity index is 705. The summed E-state index contributed by atoms with van der Waals surface area (Å²) in [6.07, 6.45) is 1.69. The summed E-state index contributed by atoms with van der Waals surface area (Å²) in [4.78, 5) is 16.1. The Balaban J connectivity index is 2.15. The van der Waals surface area contributed by atoms with Crippen molar-refractivity contribution < 1.29 is 0 Å². The molecule has 0 fully saturated rings. The number of hydrogen-bond acceptors (Lipinski definition) is 4. The predicted octanol–water partition coefficient (Wildman–Crippen LogP) is 2.76. The molecule has 0 atom stereocenters. The maximum Gasteiger partial charge on any atom is 0.138 e. The SMILES string of the molecule is Cc1cc(-c2ccc3nc[nH]c3c2)nc(CS)n1. The number of aryl methyl sites for hydroxylation is 1. The maximum atomic E-state index is 4.49. The molecular weight excluding hydrogens is 244 g/mol. The highest BCUT2D eigenvalue weighted by Crippen LogP contribution is 2.22. The Morgan fingerprint density at radius 3 is 2.94 bits per heavy atom. The zero-order chi connectivity index (χ0) is 12.5. The van der Waals surface area contributed by atoms with Gasteiger partial charge in [0.2, 0.25) is 0 Å². The van der Waals surface area contributed by atoms with Gasteiger partial charge in [-0.25, -0.2) is 15.0 Å². The van der Waals surface area contributed by atoms with Crippen molar-refractivity contribution in [2.24, 2.45) is 0 Å².